The minimum Gasteiger partial charge on any atom is -0.314 e. The Labute approximate surface area is 82.7 Å². The molecule has 0 amide bonds. The molecule has 1 aliphatic heterocycles. The minimum atomic E-state index is 0.777. The van der Waals surface area contributed by atoms with Gasteiger partial charge >= 0.3 is 0 Å². The summed E-state index contributed by atoms with van der Waals surface area (Å²) < 4.78 is 0. The molecule has 0 radical (unpaired) electrons. The number of piperazine rings is 1. The van der Waals surface area contributed by atoms with Crippen LogP contribution in [0.25, 0.3) is 0 Å². The number of hydrogen-bond acceptors (Lipinski definition) is 2. The molecule has 0 aromatic rings. The van der Waals surface area contributed by atoms with E-state index in [9.17, 15) is 0 Å². The van der Waals surface area contributed by atoms with Crippen LogP contribution in [0, 0.1) is 0 Å². The lowest BCUT2D eigenvalue weighted by Gasteiger charge is -2.40. The van der Waals surface area contributed by atoms with Gasteiger partial charge in [0.25, 0.3) is 0 Å². The van der Waals surface area contributed by atoms with Crippen LogP contribution in [0.3, 0.4) is 0 Å². The lowest BCUT2D eigenvalue weighted by Crippen LogP contribution is -2.54. The molecular formula is C11H24N2. The molecule has 0 aromatic carbocycles. The highest BCUT2D eigenvalue weighted by molar-refractivity contribution is 4.83. The van der Waals surface area contributed by atoms with Crippen LogP contribution in [0.15, 0.2) is 0 Å². The van der Waals surface area contributed by atoms with Crippen molar-refractivity contribution in [2.75, 3.05) is 19.6 Å². The third-order valence-corrected chi connectivity index (χ3v) is 3.28. The Balaban J connectivity index is 2.51. The molecule has 1 saturated heterocycles. The second kappa shape index (κ2) is 5.61. The fourth-order valence-corrected chi connectivity index (χ4v) is 2.39. The van der Waals surface area contributed by atoms with Crippen molar-refractivity contribution in [1.82, 2.24) is 10.2 Å². The zero-order valence-corrected chi connectivity index (χ0v) is 9.34. The minimum absolute atomic E-state index is 0.777. The summed E-state index contributed by atoms with van der Waals surface area (Å²) in [5.41, 5.74) is 0. The van der Waals surface area contributed by atoms with Crippen LogP contribution in [-0.4, -0.2) is 36.6 Å². The van der Waals surface area contributed by atoms with Gasteiger partial charge < -0.3 is 5.32 Å². The molecule has 0 saturated carbocycles. The van der Waals surface area contributed by atoms with E-state index in [0.717, 1.165) is 12.1 Å². The standard InChI is InChI=1S/C11H24N2/c1-4-10(5-2)13-8-7-12-9-11(13)6-3/h10-12H,4-9H2,1-3H3. The summed E-state index contributed by atoms with van der Waals surface area (Å²) in [5.74, 6) is 0. The third-order valence-electron chi connectivity index (χ3n) is 3.28. The van der Waals surface area contributed by atoms with Crippen molar-refractivity contribution in [2.24, 2.45) is 0 Å². The van der Waals surface area contributed by atoms with Gasteiger partial charge in [0, 0.05) is 31.7 Å². The fraction of sp³-hybridized carbons (Fsp3) is 1.00. The van der Waals surface area contributed by atoms with Gasteiger partial charge in [0.05, 0.1) is 0 Å². The second-order valence-electron chi connectivity index (χ2n) is 3.97. The summed E-state index contributed by atoms with van der Waals surface area (Å²) >= 11 is 0. The van der Waals surface area contributed by atoms with Gasteiger partial charge in [-0.15, -0.1) is 0 Å². The number of nitrogens with one attached hydrogen (secondary N) is 1. The highest BCUT2D eigenvalue weighted by Gasteiger charge is 2.25. The third kappa shape index (κ3) is 2.68. The molecule has 0 bridgehead atoms. The van der Waals surface area contributed by atoms with Crippen molar-refractivity contribution in [2.45, 2.75) is 52.1 Å². The lowest BCUT2D eigenvalue weighted by atomic mass is 10.0. The molecule has 1 aliphatic rings. The van der Waals surface area contributed by atoms with E-state index in [0.29, 0.717) is 0 Å². The molecule has 0 aliphatic carbocycles. The smallest absolute Gasteiger partial charge is 0.0221 e. The Hall–Kier alpha value is -0.0800. The van der Waals surface area contributed by atoms with Crippen molar-refractivity contribution < 1.29 is 0 Å². The van der Waals surface area contributed by atoms with Crippen molar-refractivity contribution in [1.29, 1.82) is 0 Å². The highest BCUT2D eigenvalue weighted by atomic mass is 15.2. The van der Waals surface area contributed by atoms with Crippen molar-refractivity contribution >= 4 is 0 Å². The van der Waals surface area contributed by atoms with Crippen LogP contribution in [-0.2, 0) is 0 Å². The Morgan fingerprint density at radius 2 is 2.00 bits per heavy atom. The van der Waals surface area contributed by atoms with Crippen molar-refractivity contribution in [3.8, 4) is 0 Å². The van der Waals surface area contributed by atoms with Crippen LogP contribution in [0.4, 0.5) is 0 Å². The Morgan fingerprint density at radius 1 is 1.31 bits per heavy atom. The van der Waals surface area contributed by atoms with Gasteiger partial charge in [-0.25, -0.2) is 0 Å². The van der Waals surface area contributed by atoms with Gasteiger partial charge in [0.15, 0.2) is 0 Å². The average Bonchev–Trinajstić information content (AvgIpc) is 2.20. The summed E-state index contributed by atoms with van der Waals surface area (Å²) in [6.45, 7) is 10.5. The second-order valence-corrected chi connectivity index (χ2v) is 3.97. The molecule has 1 N–H and O–H groups in total. The molecule has 0 spiro atoms. The molecule has 1 heterocycles. The van der Waals surface area contributed by atoms with E-state index < -0.39 is 0 Å². The first-order valence-corrected chi connectivity index (χ1v) is 5.79. The van der Waals surface area contributed by atoms with Crippen molar-refractivity contribution in [3.05, 3.63) is 0 Å². The number of rotatable bonds is 4. The highest BCUT2D eigenvalue weighted by Crippen LogP contribution is 2.16. The Bertz CT molecular complexity index is 125. The van der Waals surface area contributed by atoms with Gasteiger partial charge in [0.2, 0.25) is 0 Å². The van der Waals surface area contributed by atoms with Gasteiger partial charge in [-0.1, -0.05) is 20.8 Å². The molecule has 1 unspecified atom stereocenters. The van der Waals surface area contributed by atoms with Crippen molar-refractivity contribution in [3.63, 3.8) is 0 Å². The van der Waals surface area contributed by atoms with Gasteiger partial charge in [0.1, 0.15) is 0 Å². The average molecular weight is 184 g/mol. The molecule has 1 atom stereocenters. The summed E-state index contributed by atoms with van der Waals surface area (Å²) in [7, 11) is 0. The maximum absolute atomic E-state index is 3.48. The monoisotopic (exact) mass is 184 g/mol. The van der Waals surface area contributed by atoms with Crippen LogP contribution >= 0.6 is 0 Å². The van der Waals surface area contributed by atoms with E-state index in [-0.39, 0.29) is 0 Å². The first-order valence-electron chi connectivity index (χ1n) is 5.79. The van der Waals surface area contributed by atoms with E-state index in [1.807, 2.05) is 0 Å². The molecular weight excluding hydrogens is 160 g/mol. The van der Waals surface area contributed by atoms with E-state index in [1.165, 1.54) is 38.9 Å². The fourth-order valence-electron chi connectivity index (χ4n) is 2.39. The molecule has 2 nitrogen and oxygen atoms in total. The first kappa shape index (κ1) is 11.0. The largest absolute Gasteiger partial charge is 0.314 e. The molecule has 78 valence electrons. The van der Waals surface area contributed by atoms with Crippen LogP contribution in [0.1, 0.15) is 40.0 Å². The maximum Gasteiger partial charge on any atom is 0.0221 e. The Kier molecular flexibility index (Phi) is 4.74. The maximum atomic E-state index is 3.48. The van der Waals surface area contributed by atoms with E-state index in [2.05, 4.69) is 31.0 Å². The first-order chi connectivity index (χ1) is 6.33. The summed E-state index contributed by atoms with van der Waals surface area (Å²) in [6.07, 6.45) is 3.88. The SMILES string of the molecule is CCC(CC)N1CCNCC1CC. The summed E-state index contributed by atoms with van der Waals surface area (Å²) in [6, 6.07) is 1.59. The zero-order chi connectivity index (χ0) is 9.68. The molecule has 0 aromatic heterocycles. The topological polar surface area (TPSA) is 15.3 Å². The van der Waals surface area contributed by atoms with Crippen LogP contribution in [0.2, 0.25) is 0 Å². The Morgan fingerprint density at radius 3 is 2.54 bits per heavy atom. The van der Waals surface area contributed by atoms with Gasteiger partial charge in [-0.2, -0.15) is 0 Å². The quantitative estimate of drug-likeness (QED) is 0.717. The number of nitrogens with zero attached hydrogens (tertiary/aromatic N) is 1. The van der Waals surface area contributed by atoms with Gasteiger partial charge in [-0.3, -0.25) is 4.90 Å². The molecule has 1 rings (SSSR count). The van der Waals surface area contributed by atoms with E-state index in [1.54, 1.807) is 0 Å². The molecule has 2 heteroatoms. The molecule has 13 heavy (non-hydrogen) atoms. The number of hydrogen-bond donors (Lipinski definition) is 1. The summed E-state index contributed by atoms with van der Waals surface area (Å²) in [4.78, 5) is 2.70. The van der Waals surface area contributed by atoms with Crippen LogP contribution in [0.5, 0.6) is 0 Å². The normalized spacial score (nSPS) is 25.4. The van der Waals surface area contributed by atoms with E-state index in [4.69, 9.17) is 0 Å². The molecule has 1 fully saturated rings. The predicted octanol–water partition coefficient (Wildman–Crippen LogP) is 1.86. The van der Waals surface area contributed by atoms with Gasteiger partial charge in [-0.05, 0) is 19.3 Å². The predicted molar refractivity (Wildman–Crippen MR) is 58.0 cm³/mol. The van der Waals surface area contributed by atoms with Crippen LogP contribution < -0.4 is 5.32 Å². The summed E-state index contributed by atoms with van der Waals surface area (Å²) in [5, 5.41) is 3.48. The lowest BCUT2D eigenvalue weighted by molar-refractivity contribution is 0.0974. The zero-order valence-electron chi connectivity index (χ0n) is 9.34. The van der Waals surface area contributed by atoms with E-state index >= 15 is 0 Å².